The molecule has 0 aliphatic carbocycles. The average molecular weight is 278 g/mol. The Morgan fingerprint density at radius 1 is 1.30 bits per heavy atom. The Hall–Kier alpha value is -2.04. The second kappa shape index (κ2) is 5.15. The van der Waals surface area contributed by atoms with Crippen molar-refractivity contribution >= 4 is 11.9 Å². The van der Waals surface area contributed by atoms with Gasteiger partial charge >= 0.3 is 11.9 Å². The second-order valence-electron chi connectivity index (χ2n) is 4.96. The van der Waals surface area contributed by atoms with Crippen molar-refractivity contribution in [2.24, 2.45) is 5.92 Å². The predicted molar refractivity (Wildman–Crippen MR) is 71.8 cm³/mol. The van der Waals surface area contributed by atoms with Crippen LogP contribution in [-0.2, 0) is 20.7 Å². The van der Waals surface area contributed by atoms with Gasteiger partial charge in [0.2, 0.25) is 0 Å². The van der Waals surface area contributed by atoms with Crippen LogP contribution in [0.4, 0.5) is 0 Å². The van der Waals surface area contributed by atoms with Crippen molar-refractivity contribution in [3.05, 3.63) is 22.3 Å². The summed E-state index contributed by atoms with van der Waals surface area (Å²) in [4.78, 5) is 23.7. The molecule has 2 rings (SSSR count). The van der Waals surface area contributed by atoms with E-state index < -0.39 is 17.9 Å². The molecule has 1 N–H and O–H groups in total. The Labute approximate surface area is 117 Å². The molecule has 0 saturated heterocycles. The largest absolute Gasteiger partial charge is 0.507 e. The molecule has 0 aromatic heterocycles. The Kier molecular flexibility index (Phi) is 3.70. The lowest BCUT2D eigenvalue weighted by Gasteiger charge is -2.26. The highest BCUT2D eigenvalue weighted by atomic mass is 16.6. The van der Waals surface area contributed by atoms with Gasteiger partial charge < -0.3 is 14.6 Å². The fourth-order valence-corrected chi connectivity index (χ4v) is 2.43. The third-order valence-corrected chi connectivity index (χ3v) is 3.81. The van der Waals surface area contributed by atoms with Crippen LogP contribution < -0.4 is 4.74 Å². The molecule has 1 aliphatic rings. The topological polar surface area (TPSA) is 72.8 Å². The number of hydrogen-bond donors (Lipinski definition) is 1. The molecular weight excluding hydrogens is 260 g/mol. The van der Waals surface area contributed by atoms with Crippen molar-refractivity contribution < 1.29 is 24.2 Å². The van der Waals surface area contributed by atoms with Crippen LogP contribution >= 0.6 is 0 Å². The van der Waals surface area contributed by atoms with E-state index in [9.17, 15) is 14.7 Å². The van der Waals surface area contributed by atoms with E-state index in [-0.39, 0.29) is 18.8 Å². The normalized spacial score (nSPS) is 17.4. The number of hydrogen-bond acceptors (Lipinski definition) is 5. The first-order valence-electron chi connectivity index (χ1n) is 6.58. The van der Waals surface area contributed by atoms with E-state index >= 15 is 0 Å². The van der Waals surface area contributed by atoms with E-state index in [2.05, 4.69) is 0 Å². The summed E-state index contributed by atoms with van der Waals surface area (Å²) in [5.74, 6) is -1.49. The van der Waals surface area contributed by atoms with Gasteiger partial charge in [-0.15, -0.1) is 0 Å². The van der Waals surface area contributed by atoms with E-state index in [1.54, 1.807) is 27.7 Å². The molecule has 0 saturated carbocycles. The number of esters is 2. The highest BCUT2D eigenvalue weighted by Crippen LogP contribution is 2.41. The van der Waals surface area contributed by atoms with Crippen molar-refractivity contribution in [3.8, 4) is 11.5 Å². The molecular formula is C15H18O5. The van der Waals surface area contributed by atoms with Gasteiger partial charge in [-0.2, -0.15) is 0 Å². The molecule has 1 atom stereocenters. The maximum Gasteiger partial charge on any atom is 0.326 e. The van der Waals surface area contributed by atoms with Crippen molar-refractivity contribution in [2.45, 2.75) is 34.1 Å². The van der Waals surface area contributed by atoms with Crippen molar-refractivity contribution in [1.82, 2.24) is 0 Å². The van der Waals surface area contributed by atoms with Crippen LogP contribution in [0.2, 0.25) is 0 Å². The van der Waals surface area contributed by atoms with Gasteiger partial charge in [-0.1, -0.05) is 0 Å². The summed E-state index contributed by atoms with van der Waals surface area (Å²) in [5.41, 5.74) is 2.75. The zero-order chi connectivity index (χ0) is 15.0. The summed E-state index contributed by atoms with van der Waals surface area (Å²) >= 11 is 0. The molecule has 0 radical (unpaired) electrons. The Morgan fingerprint density at radius 3 is 2.55 bits per heavy atom. The minimum atomic E-state index is -0.956. The number of carbonyl (C=O) groups is 2. The van der Waals surface area contributed by atoms with Gasteiger partial charge in [-0.3, -0.25) is 9.59 Å². The minimum Gasteiger partial charge on any atom is -0.507 e. The average Bonchev–Trinajstić information content (AvgIpc) is 2.42. The summed E-state index contributed by atoms with van der Waals surface area (Å²) in [5, 5.41) is 10.1. The number of aromatic hydroxyl groups is 1. The molecule has 0 spiro atoms. The van der Waals surface area contributed by atoms with Crippen molar-refractivity contribution in [1.29, 1.82) is 0 Å². The Balaban J connectivity index is 2.48. The van der Waals surface area contributed by atoms with E-state index in [0.717, 1.165) is 5.56 Å². The van der Waals surface area contributed by atoms with E-state index in [0.29, 0.717) is 22.4 Å². The second-order valence-corrected chi connectivity index (χ2v) is 4.96. The van der Waals surface area contributed by atoms with Crippen molar-refractivity contribution in [2.75, 3.05) is 6.61 Å². The van der Waals surface area contributed by atoms with Crippen LogP contribution in [0.15, 0.2) is 0 Å². The summed E-state index contributed by atoms with van der Waals surface area (Å²) in [6, 6.07) is 0. The zero-order valence-electron chi connectivity index (χ0n) is 12.1. The lowest BCUT2D eigenvalue weighted by molar-refractivity contribution is -0.157. The van der Waals surface area contributed by atoms with Gasteiger partial charge in [-0.05, 0) is 44.4 Å². The summed E-state index contributed by atoms with van der Waals surface area (Å²) in [7, 11) is 0. The molecule has 1 aromatic carbocycles. The van der Waals surface area contributed by atoms with E-state index in [1.165, 1.54) is 0 Å². The fraction of sp³-hybridized carbons (Fsp3) is 0.467. The molecule has 1 heterocycles. The van der Waals surface area contributed by atoms with Gasteiger partial charge in [0.05, 0.1) is 6.61 Å². The third kappa shape index (κ3) is 2.13. The summed E-state index contributed by atoms with van der Waals surface area (Å²) in [6.45, 7) is 7.20. The Morgan fingerprint density at radius 2 is 1.95 bits per heavy atom. The van der Waals surface area contributed by atoms with Crippen LogP contribution in [-0.4, -0.2) is 23.7 Å². The molecule has 5 nitrogen and oxygen atoms in total. The van der Waals surface area contributed by atoms with Crippen molar-refractivity contribution in [3.63, 3.8) is 0 Å². The molecule has 0 fully saturated rings. The number of fused-ring (bicyclic) bond motifs is 1. The maximum absolute atomic E-state index is 11.9. The highest BCUT2D eigenvalue weighted by molar-refractivity contribution is 5.97. The fourth-order valence-electron chi connectivity index (χ4n) is 2.43. The predicted octanol–water partition coefficient (Wildman–Crippen LogP) is 1.96. The third-order valence-electron chi connectivity index (χ3n) is 3.81. The SMILES string of the molecule is CCOC(=O)C1Cc2c(C)c(O)c(C)c(C)c2OC1=O. The van der Waals surface area contributed by atoms with Crippen LogP contribution in [0.3, 0.4) is 0 Å². The molecule has 108 valence electrons. The number of phenols is 1. The molecule has 5 heteroatoms. The lowest BCUT2D eigenvalue weighted by atomic mass is 9.88. The molecule has 0 amide bonds. The van der Waals surface area contributed by atoms with Crippen LogP contribution in [0.1, 0.15) is 29.2 Å². The highest BCUT2D eigenvalue weighted by Gasteiger charge is 2.37. The van der Waals surface area contributed by atoms with Gasteiger partial charge in [0.25, 0.3) is 0 Å². The monoisotopic (exact) mass is 278 g/mol. The first kappa shape index (κ1) is 14.4. The van der Waals surface area contributed by atoms with E-state index in [4.69, 9.17) is 9.47 Å². The standard InChI is InChI=1S/C15H18O5/c1-5-19-14(17)11-6-10-9(4)12(16)7(2)8(3)13(10)20-15(11)18/h11,16H,5-6H2,1-4H3. The van der Waals surface area contributed by atoms with Gasteiger partial charge in [0.1, 0.15) is 11.5 Å². The molecule has 1 unspecified atom stereocenters. The first-order chi connectivity index (χ1) is 9.38. The summed E-state index contributed by atoms with van der Waals surface area (Å²) in [6.07, 6.45) is 0.202. The van der Waals surface area contributed by atoms with Gasteiger partial charge in [0.15, 0.2) is 5.92 Å². The van der Waals surface area contributed by atoms with Crippen LogP contribution in [0.5, 0.6) is 11.5 Å². The first-order valence-corrected chi connectivity index (χ1v) is 6.58. The number of rotatable bonds is 2. The van der Waals surface area contributed by atoms with Crippen LogP contribution in [0, 0.1) is 26.7 Å². The van der Waals surface area contributed by atoms with Crippen LogP contribution in [0.25, 0.3) is 0 Å². The van der Waals surface area contributed by atoms with Gasteiger partial charge in [-0.25, -0.2) is 0 Å². The number of ether oxygens (including phenoxy) is 2. The lowest BCUT2D eigenvalue weighted by Crippen LogP contribution is -2.35. The molecule has 1 aliphatic heterocycles. The van der Waals surface area contributed by atoms with E-state index in [1.807, 2.05) is 0 Å². The maximum atomic E-state index is 11.9. The molecule has 20 heavy (non-hydrogen) atoms. The summed E-state index contributed by atoms with van der Waals surface area (Å²) < 4.78 is 10.2. The molecule has 0 bridgehead atoms. The molecule has 1 aromatic rings. The number of carbonyl (C=O) groups excluding carboxylic acids is 2. The Bertz CT molecular complexity index is 589. The number of benzene rings is 1. The minimum absolute atomic E-state index is 0.182. The number of phenolic OH excluding ortho intramolecular Hbond substituents is 1. The zero-order valence-corrected chi connectivity index (χ0v) is 12.1. The smallest absolute Gasteiger partial charge is 0.326 e. The van der Waals surface area contributed by atoms with Gasteiger partial charge in [0, 0.05) is 12.0 Å². The quantitative estimate of drug-likeness (QED) is 0.508.